The zero-order valence-electron chi connectivity index (χ0n) is 24.0. The van der Waals surface area contributed by atoms with Crippen LogP contribution in [0.15, 0.2) is 96.6 Å². The molecule has 0 radical (unpaired) electrons. The van der Waals surface area contributed by atoms with Crippen LogP contribution in [0, 0.1) is 61.7 Å². The maximum Gasteiger partial charge on any atom is 0.271 e. The Bertz CT molecular complexity index is 1990. The van der Waals surface area contributed by atoms with Crippen molar-refractivity contribution in [2.75, 3.05) is 9.80 Å². The fourth-order valence-electron chi connectivity index (χ4n) is 8.52. The highest BCUT2D eigenvalue weighted by atomic mass is 16.6. The van der Waals surface area contributed by atoms with Gasteiger partial charge in [-0.1, -0.05) is 60.2 Å². The van der Waals surface area contributed by atoms with E-state index in [0.717, 1.165) is 26.5 Å². The fourth-order valence-corrected chi connectivity index (χ4v) is 8.52. The molecule has 4 amide bonds. The first kappa shape index (κ1) is 27.7. The summed E-state index contributed by atoms with van der Waals surface area (Å²) in [5.41, 5.74) is 2.26. The molecule has 46 heavy (non-hydrogen) atoms. The van der Waals surface area contributed by atoms with Gasteiger partial charge in [-0.2, -0.15) is 0 Å². The predicted octanol–water partition coefficient (Wildman–Crippen LogP) is 4.70. The van der Waals surface area contributed by atoms with Crippen molar-refractivity contribution >= 4 is 52.0 Å². The number of carbonyl (C=O) groups is 4. The van der Waals surface area contributed by atoms with Crippen molar-refractivity contribution in [1.82, 2.24) is 0 Å². The number of imide groups is 2. The first-order valence-electron chi connectivity index (χ1n) is 14.9. The lowest BCUT2D eigenvalue weighted by molar-refractivity contribution is -0.385. The zero-order valence-corrected chi connectivity index (χ0v) is 24.0. The highest BCUT2D eigenvalue weighted by molar-refractivity contribution is 6.25. The van der Waals surface area contributed by atoms with Crippen LogP contribution in [0.2, 0.25) is 0 Å². The average Bonchev–Trinajstić information content (AvgIpc) is 3.49. The molecule has 3 aromatic rings. The standard InChI is InChI=1S/C34H24N4O8/c39-31-25-16-24(17-6-2-1-3-7-17)26-22-12-13-23(27(26)30(25)34(42)35(31)18-8-4-10-20(14-18)37(43)44)29-28(22)32(40)36(33(29)41)19-9-5-11-21(15-19)38(45)46/h1-15,22-23,25,27-30H,16H2/t22-,23-,25+,27-,28+,29+,30-/m0/s1. The molecule has 0 unspecified atom stereocenters. The Morgan fingerprint density at radius 3 is 1.78 bits per heavy atom. The van der Waals surface area contributed by atoms with Gasteiger partial charge in [0.15, 0.2) is 0 Å². The van der Waals surface area contributed by atoms with Crippen molar-refractivity contribution in [3.8, 4) is 0 Å². The van der Waals surface area contributed by atoms with Crippen molar-refractivity contribution in [2.45, 2.75) is 6.42 Å². The number of rotatable bonds is 5. The van der Waals surface area contributed by atoms with Gasteiger partial charge in [0, 0.05) is 36.1 Å². The molecule has 2 bridgehead atoms. The maximum absolute atomic E-state index is 14.3. The molecule has 228 valence electrons. The molecule has 7 atom stereocenters. The predicted molar refractivity (Wildman–Crippen MR) is 163 cm³/mol. The van der Waals surface area contributed by atoms with E-state index in [4.69, 9.17) is 0 Å². The van der Waals surface area contributed by atoms with E-state index in [0.29, 0.717) is 0 Å². The van der Waals surface area contributed by atoms with Gasteiger partial charge < -0.3 is 0 Å². The van der Waals surface area contributed by atoms with Crippen LogP contribution in [0.1, 0.15) is 12.0 Å². The van der Waals surface area contributed by atoms with E-state index in [1.54, 1.807) is 0 Å². The van der Waals surface area contributed by atoms with Crippen LogP contribution in [-0.2, 0) is 19.2 Å². The van der Waals surface area contributed by atoms with Crippen molar-refractivity contribution in [2.24, 2.45) is 41.4 Å². The van der Waals surface area contributed by atoms with Gasteiger partial charge >= 0.3 is 0 Å². The SMILES string of the molecule is O=C1[C@@H]2[C@H]3C=C[C@@H](C4=C(c5ccccc5)C[C@H]5C(=O)N(c6cccc([N+](=O)[O-])c6)C(=O)[C@@H]5[C@H]43)[C@H]2C(=O)N1c1cccc([N+](=O)[O-])c1. The third kappa shape index (κ3) is 3.73. The highest BCUT2D eigenvalue weighted by Gasteiger charge is 2.67. The number of nitrogens with zero attached hydrogens (tertiary/aromatic N) is 4. The van der Waals surface area contributed by atoms with Crippen LogP contribution in [0.4, 0.5) is 22.7 Å². The van der Waals surface area contributed by atoms with Gasteiger partial charge in [0.05, 0.1) is 44.9 Å². The third-order valence-corrected chi connectivity index (χ3v) is 10.2. The molecule has 2 heterocycles. The van der Waals surface area contributed by atoms with E-state index >= 15 is 0 Å². The zero-order chi connectivity index (χ0) is 32.0. The number of benzene rings is 3. The summed E-state index contributed by atoms with van der Waals surface area (Å²) in [6.45, 7) is 0. The number of hydrogen-bond acceptors (Lipinski definition) is 8. The van der Waals surface area contributed by atoms with Crippen molar-refractivity contribution < 1.29 is 29.0 Å². The molecule has 0 aromatic heterocycles. The number of fused-ring (bicyclic) bond motifs is 1. The Kier molecular flexibility index (Phi) is 5.95. The van der Waals surface area contributed by atoms with Gasteiger partial charge in [0.1, 0.15) is 0 Å². The summed E-state index contributed by atoms with van der Waals surface area (Å²) in [6, 6.07) is 20.3. The second kappa shape index (κ2) is 9.86. The normalized spacial score (nSPS) is 29.3. The van der Waals surface area contributed by atoms with Gasteiger partial charge in [-0.3, -0.25) is 39.4 Å². The molecule has 2 aliphatic heterocycles. The molecule has 12 heteroatoms. The summed E-state index contributed by atoms with van der Waals surface area (Å²) in [4.78, 5) is 80.5. The van der Waals surface area contributed by atoms with Crippen molar-refractivity contribution in [1.29, 1.82) is 0 Å². The molecule has 0 N–H and O–H groups in total. The number of anilines is 2. The van der Waals surface area contributed by atoms with E-state index in [2.05, 4.69) is 0 Å². The number of nitro groups is 2. The summed E-state index contributed by atoms with van der Waals surface area (Å²) in [5, 5.41) is 23.0. The van der Waals surface area contributed by atoms with Crippen LogP contribution in [0.5, 0.6) is 0 Å². The van der Waals surface area contributed by atoms with Crippen LogP contribution < -0.4 is 9.80 Å². The topological polar surface area (TPSA) is 161 Å². The van der Waals surface area contributed by atoms with Gasteiger partial charge in [-0.25, -0.2) is 9.80 Å². The number of non-ortho nitro benzene ring substituents is 2. The van der Waals surface area contributed by atoms with Gasteiger partial charge in [-0.15, -0.1) is 0 Å². The lowest BCUT2D eigenvalue weighted by Gasteiger charge is -2.51. The highest BCUT2D eigenvalue weighted by Crippen LogP contribution is 2.63. The second-order valence-corrected chi connectivity index (χ2v) is 12.3. The number of nitro benzene ring substituents is 2. The first-order chi connectivity index (χ1) is 22.2. The van der Waals surface area contributed by atoms with Gasteiger partial charge in [0.25, 0.3) is 11.4 Å². The van der Waals surface area contributed by atoms with Crippen LogP contribution >= 0.6 is 0 Å². The Hall–Kier alpha value is -5.78. The monoisotopic (exact) mass is 616 g/mol. The molecule has 12 nitrogen and oxygen atoms in total. The van der Waals surface area contributed by atoms with Crippen molar-refractivity contribution in [3.63, 3.8) is 0 Å². The quantitative estimate of drug-likeness (QED) is 0.172. The van der Waals surface area contributed by atoms with Crippen LogP contribution in [-0.4, -0.2) is 33.5 Å². The minimum absolute atomic E-state index is 0.111. The number of allylic oxidation sites excluding steroid dienone is 4. The number of amides is 4. The summed E-state index contributed by atoms with van der Waals surface area (Å²) in [7, 11) is 0. The fraction of sp³-hybridized carbons (Fsp3) is 0.235. The smallest absolute Gasteiger partial charge is 0.271 e. The molecule has 2 saturated heterocycles. The Labute approximate surface area is 260 Å². The Balaban J connectivity index is 1.26. The molecule has 3 aromatic carbocycles. The van der Waals surface area contributed by atoms with E-state index in [1.807, 2.05) is 42.5 Å². The van der Waals surface area contributed by atoms with E-state index in [-0.39, 0.29) is 29.2 Å². The van der Waals surface area contributed by atoms with Crippen LogP contribution in [0.3, 0.4) is 0 Å². The van der Waals surface area contributed by atoms with E-state index < -0.39 is 74.9 Å². The molecule has 9 rings (SSSR count). The number of carbonyl (C=O) groups excluding carboxylic acids is 4. The average molecular weight is 617 g/mol. The number of hydrogen-bond donors (Lipinski definition) is 0. The Morgan fingerprint density at radius 1 is 0.609 bits per heavy atom. The van der Waals surface area contributed by atoms with Crippen molar-refractivity contribution in [3.05, 3.63) is 122 Å². The molecule has 1 saturated carbocycles. The van der Waals surface area contributed by atoms with Gasteiger partial charge in [0.2, 0.25) is 23.6 Å². The summed E-state index contributed by atoms with van der Waals surface area (Å²) in [5.74, 6) is -6.84. The minimum atomic E-state index is -0.845. The molecule has 3 fully saturated rings. The third-order valence-electron chi connectivity index (χ3n) is 10.2. The molecular weight excluding hydrogens is 592 g/mol. The molecule has 0 spiro atoms. The second-order valence-electron chi connectivity index (χ2n) is 12.3. The molecule has 6 aliphatic rings. The van der Waals surface area contributed by atoms with Crippen LogP contribution in [0.25, 0.3) is 5.57 Å². The molecule has 4 aliphatic carbocycles. The largest absolute Gasteiger partial charge is 0.274 e. The maximum atomic E-state index is 14.3. The van der Waals surface area contributed by atoms with E-state index in [1.165, 1.54) is 48.5 Å². The summed E-state index contributed by atoms with van der Waals surface area (Å²) >= 11 is 0. The Morgan fingerprint density at radius 2 is 1.17 bits per heavy atom. The minimum Gasteiger partial charge on any atom is -0.274 e. The lowest BCUT2D eigenvalue weighted by Crippen LogP contribution is -2.51. The van der Waals surface area contributed by atoms with Gasteiger partial charge in [-0.05, 0) is 35.6 Å². The lowest BCUT2D eigenvalue weighted by atomic mass is 9.49. The van der Waals surface area contributed by atoms with E-state index in [9.17, 15) is 39.4 Å². The first-order valence-corrected chi connectivity index (χ1v) is 14.9. The summed E-state index contributed by atoms with van der Waals surface area (Å²) < 4.78 is 0. The summed E-state index contributed by atoms with van der Waals surface area (Å²) in [6.07, 6.45) is 4.02. The molecular formula is C34H24N4O8.